The third kappa shape index (κ3) is 6.19. The van der Waals surface area contributed by atoms with E-state index in [9.17, 15) is 18.0 Å². The zero-order valence-corrected chi connectivity index (χ0v) is 14.8. The highest BCUT2D eigenvalue weighted by Gasteiger charge is 2.34. The number of rotatable bonds is 5. The molecule has 0 spiro atoms. The predicted molar refractivity (Wildman–Crippen MR) is 94.0 cm³/mol. The van der Waals surface area contributed by atoms with Crippen LogP contribution in [0.2, 0.25) is 0 Å². The van der Waals surface area contributed by atoms with Crippen LogP contribution in [0.3, 0.4) is 0 Å². The molecule has 25 heavy (non-hydrogen) atoms. The zero-order chi connectivity index (χ0) is 17.2. The lowest BCUT2D eigenvalue weighted by molar-refractivity contribution is -0.134. The van der Waals surface area contributed by atoms with E-state index in [4.69, 9.17) is 0 Å². The van der Waals surface area contributed by atoms with Gasteiger partial charge in [0.05, 0.1) is 0 Å². The van der Waals surface area contributed by atoms with Crippen molar-refractivity contribution in [2.24, 2.45) is 5.92 Å². The molecular weight excluding hydrogens is 353 g/mol. The van der Waals surface area contributed by atoms with Crippen molar-refractivity contribution in [2.75, 3.05) is 5.32 Å². The Balaban J connectivity index is 0.00000225. The normalized spacial score (nSPS) is 25.3. The number of alkyl halides is 3. The van der Waals surface area contributed by atoms with E-state index < -0.39 is 12.6 Å². The van der Waals surface area contributed by atoms with Crippen molar-refractivity contribution in [1.29, 1.82) is 0 Å². The summed E-state index contributed by atoms with van der Waals surface area (Å²) in [6.07, 6.45) is 0.0585. The van der Waals surface area contributed by atoms with Gasteiger partial charge < -0.3 is 10.6 Å². The van der Waals surface area contributed by atoms with Crippen molar-refractivity contribution < 1.29 is 18.0 Å². The molecule has 1 aromatic rings. The third-order valence-corrected chi connectivity index (χ3v) is 4.98. The first-order valence-electron chi connectivity index (χ1n) is 8.59. The minimum Gasteiger partial charge on any atom is -0.326 e. The molecular formula is C18H24ClF3N2O. The number of nitrogens with one attached hydrogen (secondary N) is 2. The number of fused-ring (bicyclic) bond motifs is 2. The second-order valence-electron chi connectivity index (χ2n) is 7.04. The summed E-state index contributed by atoms with van der Waals surface area (Å²) in [4.78, 5) is 12.2. The van der Waals surface area contributed by atoms with Crippen molar-refractivity contribution in [3.05, 3.63) is 29.8 Å². The Morgan fingerprint density at radius 1 is 1.12 bits per heavy atom. The van der Waals surface area contributed by atoms with Gasteiger partial charge in [-0.25, -0.2) is 0 Å². The molecule has 140 valence electrons. The smallest absolute Gasteiger partial charge is 0.326 e. The number of aryl methyl sites for hydroxylation is 1. The van der Waals surface area contributed by atoms with Crippen LogP contribution in [0.5, 0.6) is 0 Å². The molecule has 2 aliphatic rings. The first kappa shape index (κ1) is 20.0. The van der Waals surface area contributed by atoms with E-state index in [1.807, 2.05) is 0 Å². The van der Waals surface area contributed by atoms with E-state index in [1.165, 1.54) is 12.8 Å². The Morgan fingerprint density at radius 2 is 1.72 bits per heavy atom. The number of hydrogen-bond acceptors (Lipinski definition) is 2. The number of carbonyl (C=O) groups excluding carboxylic acids is 1. The van der Waals surface area contributed by atoms with Crippen LogP contribution >= 0.6 is 12.4 Å². The summed E-state index contributed by atoms with van der Waals surface area (Å²) in [6.45, 7) is 0. The Labute approximate surface area is 152 Å². The highest BCUT2D eigenvalue weighted by Crippen LogP contribution is 2.32. The molecule has 1 aromatic carbocycles. The average Bonchev–Trinajstić information content (AvgIpc) is 2.84. The molecule has 0 radical (unpaired) electrons. The summed E-state index contributed by atoms with van der Waals surface area (Å²) >= 11 is 0. The fourth-order valence-corrected chi connectivity index (χ4v) is 3.86. The molecule has 0 aromatic heterocycles. The van der Waals surface area contributed by atoms with Crippen LogP contribution in [0.4, 0.5) is 18.9 Å². The van der Waals surface area contributed by atoms with Gasteiger partial charge in [-0.3, -0.25) is 4.79 Å². The van der Waals surface area contributed by atoms with Crippen LogP contribution in [-0.2, 0) is 11.2 Å². The Morgan fingerprint density at radius 3 is 2.28 bits per heavy atom. The Kier molecular flexibility index (Phi) is 6.74. The van der Waals surface area contributed by atoms with Crippen molar-refractivity contribution >= 4 is 24.0 Å². The molecule has 0 saturated carbocycles. The summed E-state index contributed by atoms with van der Waals surface area (Å²) in [5.74, 6) is 0.416. The number of halogens is 4. The van der Waals surface area contributed by atoms with Crippen LogP contribution < -0.4 is 10.6 Å². The van der Waals surface area contributed by atoms with Gasteiger partial charge in [0, 0.05) is 30.6 Å². The van der Waals surface area contributed by atoms with E-state index in [1.54, 1.807) is 24.3 Å². The van der Waals surface area contributed by atoms with Crippen LogP contribution in [0, 0.1) is 5.92 Å². The molecule has 2 unspecified atom stereocenters. The molecule has 3 nitrogen and oxygen atoms in total. The van der Waals surface area contributed by atoms with Gasteiger partial charge in [0.1, 0.15) is 0 Å². The van der Waals surface area contributed by atoms with Gasteiger partial charge in [0.15, 0.2) is 0 Å². The first-order chi connectivity index (χ1) is 11.4. The molecule has 2 saturated heterocycles. The quantitative estimate of drug-likeness (QED) is 0.796. The highest BCUT2D eigenvalue weighted by atomic mass is 35.5. The number of anilines is 1. The number of hydrogen-bond donors (Lipinski definition) is 2. The van der Waals surface area contributed by atoms with E-state index in [-0.39, 0.29) is 24.7 Å². The van der Waals surface area contributed by atoms with Crippen molar-refractivity contribution in [3.8, 4) is 0 Å². The van der Waals surface area contributed by atoms with Crippen LogP contribution in [-0.4, -0.2) is 24.2 Å². The minimum atomic E-state index is -4.14. The van der Waals surface area contributed by atoms with Gasteiger partial charge in [-0.1, -0.05) is 12.1 Å². The predicted octanol–water partition coefficient (Wildman–Crippen LogP) is 4.46. The second kappa shape index (κ2) is 8.41. The maximum absolute atomic E-state index is 12.2. The molecule has 2 bridgehead atoms. The lowest BCUT2D eigenvalue weighted by atomic mass is 9.89. The number of amides is 1. The monoisotopic (exact) mass is 376 g/mol. The fourth-order valence-electron chi connectivity index (χ4n) is 3.86. The third-order valence-electron chi connectivity index (χ3n) is 4.98. The molecule has 0 aliphatic carbocycles. The van der Waals surface area contributed by atoms with Crippen molar-refractivity contribution in [3.63, 3.8) is 0 Å². The minimum absolute atomic E-state index is 0. The zero-order valence-electron chi connectivity index (χ0n) is 13.9. The van der Waals surface area contributed by atoms with E-state index in [0.717, 1.165) is 12.8 Å². The van der Waals surface area contributed by atoms with Crippen molar-refractivity contribution in [2.45, 2.75) is 63.2 Å². The number of piperidine rings is 1. The first-order valence-corrected chi connectivity index (χ1v) is 8.59. The molecule has 2 aliphatic heterocycles. The lowest BCUT2D eigenvalue weighted by Crippen LogP contribution is -2.39. The maximum atomic E-state index is 12.2. The van der Waals surface area contributed by atoms with E-state index >= 15 is 0 Å². The maximum Gasteiger partial charge on any atom is 0.389 e. The summed E-state index contributed by atoms with van der Waals surface area (Å²) < 4.78 is 36.6. The van der Waals surface area contributed by atoms with E-state index in [0.29, 0.717) is 35.7 Å². The van der Waals surface area contributed by atoms with Crippen LogP contribution in [0.15, 0.2) is 24.3 Å². The van der Waals surface area contributed by atoms with Gasteiger partial charge in [0.25, 0.3) is 0 Å². The van der Waals surface area contributed by atoms with Gasteiger partial charge in [-0.05, 0) is 55.7 Å². The summed E-state index contributed by atoms with van der Waals surface area (Å²) in [5, 5.41) is 6.42. The van der Waals surface area contributed by atoms with E-state index in [2.05, 4.69) is 10.6 Å². The van der Waals surface area contributed by atoms with Crippen molar-refractivity contribution in [1.82, 2.24) is 5.32 Å². The van der Waals surface area contributed by atoms with Gasteiger partial charge in [-0.15, -0.1) is 12.4 Å². The SMILES string of the molecule is Cl.O=C(CC1CC2CCC(C1)N2)Nc1ccc(CCC(F)(F)F)cc1. The summed E-state index contributed by atoms with van der Waals surface area (Å²) in [7, 11) is 0. The molecule has 2 heterocycles. The Hall–Kier alpha value is -1.27. The van der Waals surface area contributed by atoms with Gasteiger partial charge in [-0.2, -0.15) is 13.2 Å². The fraction of sp³-hybridized carbons (Fsp3) is 0.611. The average molecular weight is 377 g/mol. The largest absolute Gasteiger partial charge is 0.389 e. The molecule has 2 N–H and O–H groups in total. The molecule has 2 fully saturated rings. The second-order valence-corrected chi connectivity index (χ2v) is 7.04. The van der Waals surface area contributed by atoms with Crippen LogP contribution in [0.25, 0.3) is 0 Å². The highest BCUT2D eigenvalue weighted by molar-refractivity contribution is 5.90. The lowest BCUT2D eigenvalue weighted by Gasteiger charge is -2.28. The molecule has 3 rings (SSSR count). The number of carbonyl (C=O) groups is 1. The summed E-state index contributed by atoms with van der Waals surface area (Å²) in [5.41, 5.74) is 1.27. The summed E-state index contributed by atoms with van der Waals surface area (Å²) in [6, 6.07) is 7.77. The molecule has 1 amide bonds. The van der Waals surface area contributed by atoms with Gasteiger partial charge in [0.2, 0.25) is 5.91 Å². The number of benzene rings is 1. The molecule has 7 heteroatoms. The van der Waals surface area contributed by atoms with Crippen LogP contribution in [0.1, 0.15) is 44.1 Å². The van der Waals surface area contributed by atoms with Gasteiger partial charge >= 0.3 is 6.18 Å². The Bertz CT molecular complexity index is 565. The standard InChI is InChI=1S/C18H23F3N2O.ClH/c19-18(20,21)8-7-12-1-3-14(4-2-12)23-17(24)11-13-9-15-5-6-16(10-13)22-15;/h1-4,13,15-16,22H,5-11H2,(H,23,24);1H. The topological polar surface area (TPSA) is 41.1 Å². The molecule has 2 atom stereocenters.